The third kappa shape index (κ3) is 3.33. The summed E-state index contributed by atoms with van der Waals surface area (Å²) >= 11 is 0. The van der Waals surface area contributed by atoms with Crippen LogP contribution >= 0.6 is 0 Å². The van der Waals surface area contributed by atoms with Crippen LogP contribution in [-0.2, 0) is 4.79 Å². The third-order valence-corrected chi connectivity index (χ3v) is 2.90. The average molecular weight is 180 g/mol. The van der Waals surface area contributed by atoms with Gasteiger partial charge >= 0.3 is 0 Å². The van der Waals surface area contributed by atoms with E-state index in [2.05, 4.69) is 6.08 Å². The molecule has 0 unspecified atom stereocenters. The molecule has 0 aromatic heterocycles. The number of carbonyl (C=O) groups is 1. The molecule has 0 saturated heterocycles. The second-order valence-electron chi connectivity index (χ2n) is 4.02. The first-order valence-electron chi connectivity index (χ1n) is 5.45. The van der Waals surface area contributed by atoms with Crippen molar-refractivity contribution in [3.8, 4) is 0 Å². The molecule has 1 aliphatic rings. The van der Waals surface area contributed by atoms with Gasteiger partial charge in [-0.3, -0.25) is 4.79 Å². The average Bonchev–Trinajstić information content (AvgIpc) is 2.18. The smallest absolute Gasteiger partial charge is 0.157 e. The Morgan fingerprint density at radius 3 is 2.46 bits per heavy atom. The molecule has 0 N–H and O–H groups in total. The van der Waals surface area contributed by atoms with E-state index >= 15 is 0 Å². The fourth-order valence-electron chi connectivity index (χ4n) is 2.03. The standard InChI is InChI=1S/C12H20O/c1-3-12(13)10(2)9-11-7-5-4-6-8-11/h9,11H,3-8H2,1-2H3/b10-9+. The van der Waals surface area contributed by atoms with Gasteiger partial charge in [-0.15, -0.1) is 0 Å². The van der Waals surface area contributed by atoms with Crippen molar-refractivity contribution in [2.45, 2.75) is 52.4 Å². The Labute approximate surface area is 81.2 Å². The minimum absolute atomic E-state index is 0.311. The molecule has 1 rings (SSSR count). The molecule has 0 amide bonds. The highest BCUT2D eigenvalue weighted by molar-refractivity contribution is 5.94. The Morgan fingerprint density at radius 2 is 1.92 bits per heavy atom. The first-order chi connectivity index (χ1) is 6.24. The van der Waals surface area contributed by atoms with Gasteiger partial charge in [0.25, 0.3) is 0 Å². The van der Waals surface area contributed by atoms with Crippen molar-refractivity contribution >= 4 is 5.78 Å². The van der Waals surface area contributed by atoms with Gasteiger partial charge in [0.2, 0.25) is 0 Å². The van der Waals surface area contributed by atoms with E-state index in [0.717, 1.165) is 5.57 Å². The molecular weight excluding hydrogens is 160 g/mol. The summed E-state index contributed by atoms with van der Waals surface area (Å²) in [6.07, 6.45) is 9.48. The number of Topliss-reactive ketones (excluding diaryl/α,β-unsaturated/α-hetero) is 1. The van der Waals surface area contributed by atoms with Crippen molar-refractivity contribution in [1.82, 2.24) is 0 Å². The van der Waals surface area contributed by atoms with Crippen molar-refractivity contribution in [3.05, 3.63) is 11.6 Å². The van der Waals surface area contributed by atoms with Gasteiger partial charge in [0.1, 0.15) is 0 Å². The van der Waals surface area contributed by atoms with Crippen molar-refractivity contribution < 1.29 is 4.79 Å². The number of rotatable bonds is 3. The largest absolute Gasteiger partial charge is 0.295 e. The summed E-state index contributed by atoms with van der Waals surface area (Å²) in [7, 11) is 0. The van der Waals surface area contributed by atoms with Crippen LogP contribution in [0, 0.1) is 5.92 Å². The van der Waals surface area contributed by atoms with Crippen molar-refractivity contribution in [2.75, 3.05) is 0 Å². The van der Waals surface area contributed by atoms with Crippen molar-refractivity contribution in [1.29, 1.82) is 0 Å². The molecule has 1 saturated carbocycles. The predicted octanol–water partition coefficient (Wildman–Crippen LogP) is 3.49. The van der Waals surface area contributed by atoms with E-state index in [4.69, 9.17) is 0 Å². The lowest BCUT2D eigenvalue weighted by Gasteiger charge is -2.18. The van der Waals surface area contributed by atoms with E-state index in [-0.39, 0.29) is 0 Å². The molecule has 0 aromatic carbocycles. The normalized spacial score (nSPS) is 20.3. The van der Waals surface area contributed by atoms with Gasteiger partial charge in [-0.25, -0.2) is 0 Å². The maximum Gasteiger partial charge on any atom is 0.157 e. The zero-order valence-electron chi connectivity index (χ0n) is 8.81. The number of carbonyl (C=O) groups excluding carboxylic acids is 1. The molecule has 13 heavy (non-hydrogen) atoms. The van der Waals surface area contributed by atoms with Gasteiger partial charge < -0.3 is 0 Å². The second-order valence-corrected chi connectivity index (χ2v) is 4.02. The van der Waals surface area contributed by atoms with Gasteiger partial charge in [-0.1, -0.05) is 32.3 Å². The van der Waals surface area contributed by atoms with Crippen LogP contribution in [0.4, 0.5) is 0 Å². The van der Waals surface area contributed by atoms with E-state index in [1.165, 1.54) is 32.1 Å². The van der Waals surface area contributed by atoms with Crippen LogP contribution in [0.5, 0.6) is 0 Å². The summed E-state index contributed by atoms with van der Waals surface area (Å²) in [5.41, 5.74) is 0.981. The molecule has 0 heterocycles. The lowest BCUT2D eigenvalue weighted by atomic mass is 9.87. The van der Waals surface area contributed by atoms with Crippen LogP contribution in [0.25, 0.3) is 0 Å². The first-order valence-corrected chi connectivity index (χ1v) is 5.45. The molecule has 1 aliphatic carbocycles. The summed E-state index contributed by atoms with van der Waals surface area (Å²) in [5.74, 6) is 0.995. The first kappa shape index (κ1) is 10.5. The van der Waals surface area contributed by atoms with Crippen LogP contribution in [0.2, 0.25) is 0 Å². The maximum atomic E-state index is 11.3. The van der Waals surface area contributed by atoms with E-state index in [0.29, 0.717) is 18.1 Å². The topological polar surface area (TPSA) is 17.1 Å². The zero-order chi connectivity index (χ0) is 9.68. The van der Waals surface area contributed by atoms with Gasteiger partial charge in [-0.05, 0) is 31.3 Å². The summed E-state index contributed by atoms with van der Waals surface area (Å²) < 4.78 is 0. The van der Waals surface area contributed by atoms with Crippen LogP contribution in [0.3, 0.4) is 0 Å². The highest BCUT2D eigenvalue weighted by Crippen LogP contribution is 2.25. The fraction of sp³-hybridized carbons (Fsp3) is 0.750. The predicted molar refractivity (Wildman–Crippen MR) is 55.6 cm³/mol. The summed E-state index contributed by atoms with van der Waals surface area (Å²) in [6, 6.07) is 0. The van der Waals surface area contributed by atoms with Gasteiger partial charge in [0, 0.05) is 6.42 Å². The van der Waals surface area contributed by atoms with E-state index < -0.39 is 0 Å². The van der Waals surface area contributed by atoms with Gasteiger partial charge in [0.15, 0.2) is 5.78 Å². The molecule has 0 aromatic rings. The maximum absolute atomic E-state index is 11.3. The Morgan fingerprint density at radius 1 is 1.31 bits per heavy atom. The molecule has 0 radical (unpaired) electrons. The Hall–Kier alpha value is -0.590. The zero-order valence-corrected chi connectivity index (χ0v) is 8.81. The Bertz CT molecular complexity index is 197. The van der Waals surface area contributed by atoms with Gasteiger partial charge in [0.05, 0.1) is 0 Å². The highest BCUT2D eigenvalue weighted by Gasteiger charge is 2.12. The minimum atomic E-state index is 0.311. The highest BCUT2D eigenvalue weighted by atomic mass is 16.1. The van der Waals surface area contributed by atoms with Gasteiger partial charge in [-0.2, -0.15) is 0 Å². The van der Waals surface area contributed by atoms with E-state index in [9.17, 15) is 4.79 Å². The molecular formula is C12H20O. The summed E-state index contributed by atoms with van der Waals surface area (Å²) in [6.45, 7) is 3.89. The molecule has 0 spiro atoms. The quantitative estimate of drug-likeness (QED) is 0.607. The van der Waals surface area contributed by atoms with Crippen LogP contribution in [0.15, 0.2) is 11.6 Å². The van der Waals surface area contributed by atoms with E-state index in [1.54, 1.807) is 0 Å². The minimum Gasteiger partial charge on any atom is -0.295 e. The molecule has 1 heteroatoms. The molecule has 0 bridgehead atoms. The number of hydrogen-bond acceptors (Lipinski definition) is 1. The fourth-order valence-corrected chi connectivity index (χ4v) is 2.03. The summed E-state index contributed by atoms with van der Waals surface area (Å²) in [4.78, 5) is 11.3. The summed E-state index contributed by atoms with van der Waals surface area (Å²) in [5, 5.41) is 0. The monoisotopic (exact) mass is 180 g/mol. The van der Waals surface area contributed by atoms with Crippen LogP contribution in [0.1, 0.15) is 52.4 Å². The van der Waals surface area contributed by atoms with Crippen LogP contribution in [-0.4, -0.2) is 5.78 Å². The van der Waals surface area contributed by atoms with Crippen molar-refractivity contribution in [3.63, 3.8) is 0 Å². The lowest BCUT2D eigenvalue weighted by molar-refractivity contribution is -0.115. The second kappa shape index (κ2) is 5.21. The van der Waals surface area contributed by atoms with Crippen molar-refractivity contribution in [2.24, 2.45) is 5.92 Å². The molecule has 1 nitrogen and oxygen atoms in total. The lowest BCUT2D eigenvalue weighted by Crippen LogP contribution is -2.06. The number of ketones is 1. The number of hydrogen-bond donors (Lipinski definition) is 0. The molecule has 1 fully saturated rings. The van der Waals surface area contributed by atoms with Crippen LogP contribution < -0.4 is 0 Å². The third-order valence-electron chi connectivity index (χ3n) is 2.90. The SMILES string of the molecule is CCC(=O)/C(C)=C/C1CCCCC1. The van der Waals surface area contributed by atoms with E-state index in [1.807, 2.05) is 13.8 Å². The molecule has 0 atom stereocenters. The molecule has 0 aliphatic heterocycles. The Kier molecular flexibility index (Phi) is 4.20. The Balaban J connectivity index is 2.47. The molecule has 74 valence electrons. The number of allylic oxidation sites excluding steroid dienone is 2.